The van der Waals surface area contributed by atoms with Crippen molar-refractivity contribution in [3.8, 4) is 5.75 Å². The van der Waals surface area contributed by atoms with Crippen molar-refractivity contribution < 1.29 is 23.4 Å². The Morgan fingerprint density at radius 1 is 1.20 bits per heavy atom. The van der Waals surface area contributed by atoms with Crippen LogP contribution in [0.15, 0.2) is 36.4 Å². The lowest BCUT2D eigenvalue weighted by atomic mass is 10.1. The van der Waals surface area contributed by atoms with E-state index < -0.39 is 23.2 Å². The molecular weight excluding hydrogens is 266 g/mol. The van der Waals surface area contributed by atoms with Crippen molar-refractivity contribution in [2.24, 2.45) is 0 Å². The Kier molecular flexibility index (Phi) is 3.98. The van der Waals surface area contributed by atoms with Crippen molar-refractivity contribution in [2.45, 2.75) is 13.5 Å². The number of carboxylic acid groups (broad SMARTS) is 1. The number of ether oxygens (including phenoxy) is 1. The second-order valence-electron chi connectivity index (χ2n) is 4.32. The van der Waals surface area contributed by atoms with Gasteiger partial charge in [0.2, 0.25) is 0 Å². The molecule has 0 aliphatic carbocycles. The largest absolute Gasteiger partial charge is 0.489 e. The summed E-state index contributed by atoms with van der Waals surface area (Å²) in [6, 6.07) is 7.88. The maximum Gasteiger partial charge on any atom is 0.338 e. The van der Waals surface area contributed by atoms with Gasteiger partial charge in [-0.1, -0.05) is 12.1 Å². The van der Waals surface area contributed by atoms with Gasteiger partial charge in [-0.15, -0.1) is 0 Å². The van der Waals surface area contributed by atoms with Crippen LogP contribution in [0.1, 0.15) is 21.5 Å². The molecule has 0 saturated heterocycles. The lowest BCUT2D eigenvalue weighted by molar-refractivity contribution is 0.0692. The minimum atomic E-state index is -1.32. The molecule has 5 heteroatoms. The first kappa shape index (κ1) is 14.0. The second-order valence-corrected chi connectivity index (χ2v) is 4.32. The first-order valence-electron chi connectivity index (χ1n) is 5.88. The Hall–Kier alpha value is -2.43. The number of carbonyl (C=O) groups is 1. The van der Waals surface area contributed by atoms with Gasteiger partial charge in [-0.2, -0.15) is 0 Å². The van der Waals surface area contributed by atoms with Gasteiger partial charge >= 0.3 is 5.97 Å². The van der Waals surface area contributed by atoms with Crippen LogP contribution in [0.2, 0.25) is 0 Å². The van der Waals surface area contributed by atoms with Crippen LogP contribution in [0.5, 0.6) is 5.75 Å². The van der Waals surface area contributed by atoms with Crippen molar-refractivity contribution in [3.63, 3.8) is 0 Å². The van der Waals surface area contributed by atoms with Crippen LogP contribution in [0, 0.1) is 18.6 Å². The standard InChI is InChI=1S/C15H12F2O3/c1-9-2-4-11(16)7-14(9)20-8-10-3-5-12(15(18)19)13(17)6-10/h2-7H,8H2,1H3,(H,18,19). The van der Waals surface area contributed by atoms with Crippen LogP contribution >= 0.6 is 0 Å². The smallest absolute Gasteiger partial charge is 0.338 e. The van der Waals surface area contributed by atoms with Crippen LogP contribution in [0.3, 0.4) is 0 Å². The van der Waals surface area contributed by atoms with E-state index >= 15 is 0 Å². The highest BCUT2D eigenvalue weighted by atomic mass is 19.1. The maximum absolute atomic E-state index is 13.5. The van der Waals surface area contributed by atoms with Crippen LogP contribution in [0.25, 0.3) is 0 Å². The molecule has 3 nitrogen and oxygen atoms in total. The molecule has 0 aromatic heterocycles. The Morgan fingerprint density at radius 2 is 1.95 bits per heavy atom. The lowest BCUT2D eigenvalue weighted by Crippen LogP contribution is -2.03. The molecule has 0 atom stereocenters. The lowest BCUT2D eigenvalue weighted by Gasteiger charge is -2.09. The quantitative estimate of drug-likeness (QED) is 0.930. The third kappa shape index (κ3) is 3.12. The summed E-state index contributed by atoms with van der Waals surface area (Å²) >= 11 is 0. The summed E-state index contributed by atoms with van der Waals surface area (Å²) in [5.74, 6) is -2.20. The molecule has 2 aromatic carbocycles. The predicted octanol–water partition coefficient (Wildman–Crippen LogP) is 3.55. The molecule has 0 heterocycles. The molecule has 1 N–H and O–H groups in total. The third-order valence-electron chi connectivity index (χ3n) is 2.81. The van der Waals surface area contributed by atoms with E-state index in [0.717, 1.165) is 11.6 Å². The summed E-state index contributed by atoms with van der Waals surface area (Å²) in [6.07, 6.45) is 0. The Bertz CT molecular complexity index is 654. The summed E-state index contributed by atoms with van der Waals surface area (Å²) in [5.41, 5.74) is 0.834. The minimum Gasteiger partial charge on any atom is -0.489 e. The molecule has 0 amide bonds. The number of rotatable bonds is 4. The van der Waals surface area contributed by atoms with Crippen molar-refractivity contribution in [1.82, 2.24) is 0 Å². The molecule has 20 heavy (non-hydrogen) atoms. The zero-order valence-corrected chi connectivity index (χ0v) is 10.7. The third-order valence-corrected chi connectivity index (χ3v) is 2.81. The summed E-state index contributed by atoms with van der Waals surface area (Å²) in [7, 11) is 0. The minimum absolute atomic E-state index is 0.0289. The van der Waals surface area contributed by atoms with E-state index in [9.17, 15) is 13.6 Å². The topological polar surface area (TPSA) is 46.5 Å². The average Bonchev–Trinajstić information content (AvgIpc) is 2.39. The normalized spacial score (nSPS) is 10.3. The van der Waals surface area contributed by atoms with Gasteiger partial charge in [-0.3, -0.25) is 0 Å². The number of hydrogen-bond acceptors (Lipinski definition) is 2. The summed E-state index contributed by atoms with van der Waals surface area (Å²) < 4.78 is 32.0. The fourth-order valence-electron chi connectivity index (χ4n) is 1.71. The van der Waals surface area contributed by atoms with Crippen LogP contribution in [0.4, 0.5) is 8.78 Å². The van der Waals surface area contributed by atoms with Gasteiger partial charge in [-0.25, -0.2) is 13.6 Å². The molecule has 0 spiro atoms. The Morgan fingerprint density at radius 3 is 2.60 bits per heavy atom. The van der Waals surface area contributed by atoms with E-state index in [1.54, 1.807) is 13.0 Å². The molecule has 104 valence electrons. The fourth-order valence-corrected chi connectivity index (χ4v) is 1.71. The number of halogens is 2. The van der Waals surface area contributed by atoms with Crippen LogP contribution < -0.4 is 4.74 Å². The molecule has 0 aliphatic heterocycles. The van der Waals surface area contributed by atoms with E-state index in [1.807, 2.05) is 0 Å². The molecular formula is C15H12F2O3. The molecule has 0 bridgehead atoms. The van der Waals surface area contributed by atoms with Gasteiger partial charge in [-0.05, 0) is 36.2 Å². The summed E-state index contributed by atoms with van der Waals surface area (Å²) in [4.78, 5) is 10.7. The average molecular weight is 278 g/mol. The van der Waals surface area contributed by atoms with Gasteiger partial charge < -0.3 is 9.84 Å². The number of benzene rings is 2. The number of hydrogen-bond donors (Lipinski definition) is 1. The van der Waals surface area contributed by atoms with Gasteiger partial charge in [0.1, 0.15) is 24.0 Å². The summed E-state index contributed by atoms with van der Waals surface area (Å²) in [6.45, 7) is 1.80. The fraction of sp³-hybridized carbons (Fsp3) is 0.133. The van der Waals surface area contributed by atoms with Gasteiger partial charge in [0.05, 0.1) is 5.56 Å². The number of aromatic carboxylic acids is 1. The highest BCUT2D eigenvalue weighted by Crippen LogP contribution is 2.20. The predicted molar refractivity (Wildman–Crippen MR) is 68.8 cm³/mol. The molecule has 0 saturated carbocycles. The van der Waals surface area contributed by atoms with E-state index in [4.69, 9.17) is 9.84 Å². The molecule has 2 aromatic rings. The van der Waals surface area contributed by atoms with Crippen molar-refractivity contribution in [3.05, 3.63) is 64.7 Å². The Labute approximate surface area is 114 Å². The van der Waals surface area contributed by atoms with Gasteiger partial charge in [0, 0.05) is 6.07 Å². The number of aryl methyl sites for hydroxylation is 1. The number of carboxylic acids is 1. The van der Waals surface area contributed by atoms with E-state index in [2.05, 4.69) is 0 Å². The van der Waals surface area contributed by atoms with Gasteiger partial charge in [0.15, 0.2) is 0 Å². The zero-order chi connectivity index (χ0) is 14.7. The molecule has 0 unspecified atom stereocenters. The van der Waals surface area contributed by atoms with Crippen molar-refractivity contribution in [2.75, 3.05) is 0 Å². The molecule has 0 radical (unpaired) electrons. The first-order valence-corrected chi connectivity index (χ1v) is 5.88. The Balaban J connectivity index is 2.13. The molecule has 0 aliphatic rings. The maximum atomic E-state index is 13.5. The summed E-state index contributed by atoms with van der Waals surface area (Å²) in [5, 5.41) is 8.72. The van der Waals surface area contributed by atoms with Crippen molar-refractivity contribution in [1.29, 1.82) is 0 Å². The first-order chi connectivity index (χ1) is 9.47. The van der Waals surface area contributed by atoms with Crippen LogP contribution in [-0.2, 0) is 6.61 Å². The van der Waals surface area contributed by atoms with Crippen LogP contribution in [-0.4, -0.2) is 11.1 Å². The molecule has 2 rings (SSSR count). The van der Waals surface area contributed by atoms with Crippen molar-refractivity contribution >= 4 is 5.97 Å². The highest BCUT2D eigenvalue weighted by Gasteiger charge is 2.11. The SMILES string of the molecule is Cc1ccc(F)cc1OCc1ccc(C(=O)O)c(F)c1. The van der Waals surface area contributed by atoms with E-state index in [0.29, 0.717) is 11.3 Å². The monoisotopic (exact) mass is 278 g/mol. The second kappa shape index (κ2) is 5.69. The van der Waals surface area contributed by atoms with E-state index in [-0.39, 0.29) is 6.61 Å². The zero-order valence-electron chi connectivity index (χ0n) is 10.7. The molecule has 0 fully saturated rings. The highest BCUT2D eigenvalue weighted by molar-refractivity contribution is 5.87. The van der Waals surface area contributed by atoms with E-state index in [1.165, 1.54) is 24.3 Å². The van der Waals surface area contributed by atoms with Gasteiger partial charge in [0.25, 0.3) is 0 Å².